The Morgan fingerprint density at radius 3 is 3.17 bits per heavy atom. The van der Waals surface area contributed by atoms with Crippen molar-refractivity contribution in [3.63, 3.8) is 0 Å². The van der Waals surface area contributed by atoms with E-state index in [0.29, 0.717) is 6.04 Å². The molecule has 0 aliphatic carbocycles. The number of imidazole rings is 1. The summed E-state index contributed by atoms with van der Waals surface area (Å²) in [5.74, 6) is 2.45. The minimum absolute atomic E-state index is 0.563. The highest BCUT2D eigenvalue weighted by Crippen LogP contribution is 2.16. The molecule has 1 atom stereocenters. The number of hydrogen-bond donors (Lipinski definition) is 1. The highest BCUT2D eigenvalue weighted by atomic mass is 32.2. The van der Waals surface area contributed by atoms with E-state index in [0.717, 1.165) is 17.2 Å². The van der Waals surface area contributed by atoms with Crippen LogP contribution in [0.4, 0.5) is 0 Å². The maximum absolute atomic E-state index is 4.56. The molecule has 1 N–H and O–H groups in total. The summed E-state index contributed by atoms with van der Waals surface area (Å²) in [4.78, 5) is 5.66. The van der Waals surface area contributed by atoms with E-state index in [1.807, 2.05) is 11.8 Å². The number of hydrogen-bond acceptors (Lipinski definition) is 4. The Kier molecular flexibility index (Phi) is 5.09. The van der Waals surface area contributed by atoms with Crippen LogP contribution in [-0.4, -0.2) is 26.9 Å². The van der Waals surface area contributed by atoms with Gasteiger partial charge < -0.3 is 5.32 Å². The number of nitrogens with one attached hydrogen (secondary N) is 1. The zero-order valence-electron chi connectivity index (χ0n) is 11.3. The molecule has 0 fully saturated rings. The van der Waals surface area contributed by atoms with Gasteiger partial charge in [-0.25, -0.2) is 4.98 Å². The van der Waals surface area contributed by atoms with E-state index in [4.69, 9.17) is 0 Å². The van der Waals surface area contributed by atoms with Gasteiger partial charge in [-0.05, 0) is 31.8 Å². The Hall–Kier alpha value is -0.520. The Morgan fingerprint density at radius 1 is 1.56 bits per heavy atom. The number of nitrogens with zero attached hydrogens (tertiary/aromatic N) is 2. The Labute approximate surface area is 117 Å². The molecule has 2 aromatic rings. The molecule has 5 heteroatoms. The van der Waals surface area contributed by atoms with E-state index < -0.39 is 0 Å². The summed E-state index contributed by atoms with van der Waals surface area (Å²) in [6.45, 7) is 7.47. The van der Waals surface area contributed by atoms with E-state index in [-0.39, 0.29) is 0 Å². The standard InChI is InChI=1S/C13H21N3S2/c1-4-17-7-5-10(2)14-9-12-11(3)15-13-16(12)6-8-18-13/h6,8,10,14H,4-5,7,9H2,1-3H3. The van der Waals surface area contributed by atoms with Gasteiger partial charge in [0.05, 0.1) is 11.4 Å². The van der Waals surface area contributed by atoms with Crippen molar-refractivity contribution in [3.05, 3.63) is 23.0 Å². The molecule has 0 saturated carbocycles. The molecule has 100 valence electrons. The van der Waals surface area contributed by atoms with Crippen LogP contribution in [0.3, 0.4) is 0 Å². The average Bonchev–Trinajstić information content (AvgIpc) is 2.88. The molecule has 1 unspecified atom stereocenters. The van der Waals surface area contributed by atoms with E-state index in [1.165, 1.54) is 23.6 Å². The van der Waals surface area contributed by atoms with Crippen LogP contribution in [0.5, 0.6) is 0 Å². The second-order valence-corrected chi connectivity index (χ2v) is 6.73. The molecule has 2 rings (SSSR count). The van der Waals surface area contributed by atoms with Crippen molar-refractivity contribution in [2.24, 2.45) is 0 Å². The fourth-order valence-electron chi connectivity index (χ4n) is 1.93. The topological polar surface area (TPSA) is 29.3 Å². The van der Waals surface area contributed by atoms with Gasteiger partial charge in [-0.2, -0.15) is 11.8 Å². The highest BCUT2D eigenvalue weighted by Gasteiger charge is 2.10. The van der Waals surface area contributed by atoms with Crippen LogP contribution in [0.2, 0.25) is 0 Å². The van der Waals surface area contributed by atoms with Gasteiger partial charge in [0.25, 0.3) is 0 Å². The van der Waals surface area contributed by atoms with Crippen LogP contribution < -0.4 is 5.32 Å². The number of rotatable bonds is 7. The molecule has 0 bridgehead atoms. The summed E-state index contributed by atoms with van der Waals surface area (Å²) in [5.41, 5.74) is 2.44. The average molecular weight is 283 g/mol. The first kappa shape index (κ1) is 13.9. The van der Waals surface area contributed by atoms with Gasteiger partial charge in [0, 0.05) is 24.2 Å². The summed E-state index contributed by atoms with van der Waals surface area (Å²) in [7, 11) is 0. The zero-order valence-corrected chi connectivity index (χ0v) is 12.9. The number of aryl methyl sites for hydroxylation is 1. The van der Waals surface area contributed by atoms with Gasteiger partial charge in [0.15, 0.2) is 4.96 Å². The number of fused-ring (bicyclic) bond motifs is 1. The fraction of sp³-hybridized carbons (Fsp3) is 0.615. The first-order valence-corrected chi connectivity index (χ1v) is 8.48. The van der Waals surface area contributed by atoms with Crippen LogP contribution in [0.1, 0.15) is 31.7 Å². The highest BCUT2D eigenvalue weighted by molar-refractivity contribution is 7.99. The van der Waals surface area contributed by atoms with Crippen LogP contribution in [0.25, 0.3) is 4.96 Å². The lowest BCUT2D eigenvalue weighted by Crippen LogP contribution is -2.26. The third kappa shape index (κ3) is 3.28. The van der Waals surface area contributed by atoms with Gasteiger partial charge in [0.2, 0.25) is 0 Å². The predicted octanol–water partition coefficient (Wildman–Crippen LogP) is 3.33. The maximum Gasteiger partial charge on any atom is 0.194 e. The largest absolute Gasteiger partial charge is 0.309 e. The molecule has 2 heterocycles. The molecule has 0 aliphatic rings. The summed E-state index contributed by atoms with van der Waals surface area (Å²) < 4.78 is 2.19. The summed E-state index contributed by atoms with van der Waals surface area (Å²) >= 11 is 3.71. The smallest absolute Gasteiger partial charge is 0.194 e. The summed E-state index contributed by atoms with van der Waals surface area (Å²) in [6, 6.07) is 0.563. The molecule has 18 heavy (non-hydrogen) atoms. The molecular weight excluding hydrogens is 262 g/mol. The molecule has 0 aromatic carbocycles. The molecule has 0 amide bonds. The second kappa shape index (κ2) is 6.59. The molecular formula is C13H21N3S2. The molecule has 0 radical (unpaired) electrons. The Balaban J connectivity index is 1.89. The normalized spacial score (nSPS) is 13.3. The third-order valence-electron chi connectivity index (χ3n) is 3.08. The van der Waals surface area contributed by atoms with Crippen LogP contribution in [-0.2, 0) is 6.54 Å². The molecule has 0 spiro atoms. The number of thiazole rings is 1. The van der Waals surface area contributed by atoms with Gasteiger partial charge in [0.1, 0.15) is 0 Å². The van der Waals surface area contributed by atoms with Gasteiger partial charge in [-0.1, -0.05) is 6.92 Å². The summed E-state index contributed by atoms with van der Waals surface area (Å²) in [6.07, 6.45) is 3.33. The van der Waals surface area contributed by atoms with Crippen LogP contribution >= 0.6 is 23.1 Å². The van der Waals surface area contributed by atoms with Crippen molar-refractivity contribution in [2.45, 2.75) is 39.8 Å². The van der Waals surface area contributed by atoms with Crippen molar-refractivity contribution >= 4 is 28.1 Å². The van der Waals surface area contributed by atoms with E-state index in [1.54, 1.807) is 11.3 Å². The van der Waals surface area contributed by atoms with Crippen molar-refractivity contribution in [2.75, 3.05) is 11.5 Å². The summed E-state index contributed by atoms with van der Waals surface area (Å²) in [5, 5.41) is 5.69. The van der Waals surface area contributed by atoms with Crippen LogP contribution in [0.15, 0.2) is 11.6 Å². The first-order valence-electron chi connectivity index (χ1n) is 6.44. The van der Waals surface area contributed by atoms with Crippen molar-refractivity contribution in [1.82, 2.24) is 14.7 Å². The monoisotopic (exact) mass is 283 g/mol. The van der Waals surface area contributed by atoms with Gasteiger partial charge in [-0.3, -0.25) is 4.40 Å². The molecule has 2 aromatic heterocycles. The van der Waals surface area contributed by atoms with Gasteiger partial charge >= 0.3 is 0 Å². The predicted molar refractivity (Wildman–Crippen MR) is 81.7 cm³/mol. The SMILES string of the molecule is CCSCCC(C)NCc1c(C)nc2sccn12. The molecule has 3 nitrogen and oxygen atoms in total. The first-order chi connectivity index (χ1) is 8.72. The van der Waals surface area contributed by atoms with E-state index in [2.05, 4.69) is 47.0 Å². The van der Waals surface area contributed by atoms with Crippen molar-refractivity contribution < 1.29 is 0 Å². The van der Waals surface area contributed by atoms with Gasteiger partial charge in [-0.15, -0.1) is 11.3 Å². The molecule has 0 saturated heterocycles. The molecule has 0 aliphatic heterocycles. The lowest BCUT2D eigenvalue weighted by Gasteiger charge is -2.13. The second-order valence-electron chi connectivity index (χ2n) is 4.47. The quantitative estimate of drug-likeness (QED) is 0.790. The minimum atomic E-state index is 0.563. The zero-order chi connectivity index (χ0) is 13.0. The van der Waals surface area contributed by atoms with Crippen molar-refractivity contribution in [3.8, 4) is 0 Å². The van der Waals surface area contributed by atoms with E-state index in [9.17, 15) is 0 Å². The fourth-order valence-corrected chi connectivity index (χ4v) is 3.52. The number of thioether (sulfide) groups is 1. The third-order valence-corrected chi connectivity index (χ3v) is 4.77. The lowest BCUT2D eigenvalue weighted by molar-refractivity contribution is 0.530. The minimum Gasteiger partial charge on any atom is -0.309 e. The Bertz CT molecular complexity index is 489. The van der Waals surface area contributed by atoms with E-state index >= 15 is 0 Å². The van der Waals surface area contributed by atoms with Crippen LogP contribution in [0, 0.1) is 6.92 Å². The maximum atomic E-state index is 4.56. The lowest BCUT2D eigenvalue weighted by atomic mass is 10.2. The van der Waals surface area contributed by atoms with Crippen molar-refractivity contribution in [1.29, 1.82) is 0 Å². The Morgan fingerprint density at radius 2 is 2.39 bits per heavy atom. The number of aromatic nitrogens is 2.